The van der Waals surface area contributed by atoms with Crippen LogP contribution in [0.15, 0.2) is 4.99 Å². The van der Waals surface area contributed by atoms with Gasteiger partial charge in [0.2, 0.25) is 0 Å². The van der Waals surface area contributed by atoms with Gasteiger partial charge in [-0.25, -0.2) is 9.79 Å². The number of hydrogen-bond acceptors (Lipinski definition) is 4. The minimum Gasteiger partial charge on any atom is -0.351 e. The Labute approximate surface area is 114 Å². The van der Waals surface area contributed by atoms with Crippen molar-refractivity contribution in [2.24, 2.45) is 4.99 Å². The molecular weight excluding hydrogens is 244 g/mol. The van der Waals surface area contributed by atoms with Crippen LogP contribution in [0.25, 0.3) is 0 Å². The second-order valence-electron chi connectivity index (χ2n) is 5.23. The summed E-state index contributed by atoms with van der Waals surface area (Å²) in [5.41, 5.74) is 0. The first-order valence-electron chi connectivity index (χ1n) is 6.91. The molecule has 0 saturated carbocycles. The Balaban J connectivity index is 2.03. The van der Waals surface area contributed by atoms with Crippen molar-refractivity contribution in [1.82, 2.24) is 14.7 Å². The summed E-state index contributed by atoms with van der Waals surface area (Å²) in [7, 11) is 3.53. The van der Waals surface area contributed by atoms with Crippen molar-refractivity contribution in [3.05, 3.63) is 0 Å². The second kappa shape index (κ2) is 5.59. The largest absolute Gasteiger partial charge is 0.351 e. The molecule has 2 heterocycles. The molecule has 0 radical (unpaired) electrons. The van der Waals surface area contributed by atoms with Gasteiger partial charge in [0.05, 0.1) is 6.34 Å². The van der Waals surface area contributed by atoms with Crippen LogP contribution < -0.4 is 0 Å². The molecular formula is C13H22N4O2. The van der Waals surface area contributed by atoms with E-state index in [0.29, 0.717) is 6.54 Å². The first kappa shape index (κ1) is 13.8. The number of carbonyl (C=O) groups excluding carboxylic acids is 2. The quantitative estimate of drug-likeness (QED) is 0.701. The third-order valence-corrected chi connectivity index (χ3v) is 3.81. The van der Waals surface area contributed by atoms with E-state index in [9.17, 15) is 9.59 Å². The van der Waals surface area contributed by atoms with E-state index in [0.717, 1.165) is 25.7 Å². The van der Waals surface area contributed by atoms with E-state index in [1.165, 1.54) is 4.90 Å². The number of fused-ring (bicyclic) bond motifs is 1. The van der Waals surface area contributed by atoms with Crippen molar-refractivity contribution < 1.29 is 9.59 Å². The van der Waals surface area contributed by atoms with Gasteiger partial charge in [0.1, 0.15) is 0 Å². The molecule has 106 valence electrons. The molecule has 2 rings (SSSR count). The van der Waals surface area contributed by atoms with Crippen molar-refractivity contribution in [1.29, 1.82) is 0 Å². The number of carbonyl (C=O) groups is 2. The van der Waals surface area contributed by atoms with Crippen molar-refractivity contribution in [2.75, 3.05) is 20.6 Å². The predicted molar refractivity (Wildman–Crippen MR) is 72.8 cm³/mol. The molecule has 3 amide bonds. The highest BCUT2D eigenvalue weighted by Crippen LogP contribution is 2.24. The molecule has 0 aromatic carbocycles. The van der Waals surface area contributed by atoms with Gasteiger partial charge in [-0.3, -0.25) is 9.69 Å². The standard InChI is InChI=1S/C13H22N4O2/c1-4-5-6-7-8-17-12(18)10-11(14-9-15(10)2)16(3)13(17)19/h9-11H,4-8H2,1-3H3/t10-,11-/m1/s1. The fourth-order valence-corrected chi connectivity index (χ4v) is 2.61. The highest BCUT2D eigenvalue weighted by atomic mass is 16.2. The average Bonchev–Trinajstić information content (AvgIpc) is 2.77. The van der Waals surface area contributed by atoms with Crippen LogP contribution in [0.3, 0.4) is 0 Å². The van der Waals surface area contributed by atoms with Crippen LogP contribution in [-0.4, -0.2) is 65.8 Å². The molecule has 6 nitrogen and oxygen atoms in total. The summed E-state index contributed by atoms with van der Waals surface area (Å²) in [6.45, 7) is 2.65. The molecule has 1 fully saturated rings. The summed E-state index contributed by atoms with van der Waals surface area (Å²) >= 11 is 0. The number of nitrogens with zero attached hydrogens (tertiary/aromatic N) is 4. The van der Waals surface area contributed by atoms with E-state index in [-0.39, 0.29) is 24.1 Å². The number of aliphatic imine (C=N–C) groups is 1. The zero-order chi connectivity index (χ0) is 14.0. The third-order valence-electron chi connectivity index (χ3n) is 3.81. The van der Waals surface area contributed by atoms with Crippen LogP contribution in [0.5, 0.6) is 0 Å². The molecule has 0 N–H and O–H groups in total. The normalized spacial score (nSPS) is 26.4. The fraction of sp³-hybridized carbons (Fsp3) is 0.769. The first-order valence-corrected chi connectivity index (χ1v) is 6.91. The number of hydrogen-bond donors (Lipinski definition) is 0. The molecule has 2 aliphatic rings. The van der Waals surface area contributed by atoms with E-state index in [2.05, 4.69) is 11.9 Å². The van der Waals surface area contributed by atoms with E-state index >= 15 is 0 Å². The Bertz CT molecular complexity index is 396. The van der Waals surface area contributed by atoms with Crippen molar-refractivity contribution in [2.45, 2.75) is 44.8 Å². The second-order valence-corrected chi connectivity index (χ2v) is 5.23. The van der Waals surface area contributed by atoms with Crippen LogP contribution in [0.1, 0.15) is 32.6 Å². The van der Waals surface area contributed by atoms with Crippen molar-refractivity contribution >= 4 is 18.3 Å². The summed E-state index contributed by atoms with van der Waals surface area (Å²) in [6.07, 6.45) is 5.48. The number of rotatable bonds is 5. The van der Waals surface area contributed by atoms with Gasteiger partial charge in [-0.2, -0.15) is 0 Å². The van der Waals surface area contributed by atoms with E-state index in [1.54, 1.807) is 23.2 Å². The van der Waals surface area contributed by atoms with Crippen LogP contribution >= 0.6 is 0 Å². The Morgan fingerprint density at radius 3 is 2.63 bits per heavy atom. The monoisotopic (exact) mass is 266 g/mol. The zero-order valence-corrected chi connectivity index (χ0v) is 11.9. The van der Waals surface area contributed by atoms with E-state index in [1.807, 2.05) is 7.05 Å². The summed E-state index contributed by atoms with van der Waals surface area (Å²) in [4.78, 5) is 33.5. The smallest absolute Gasteiger partial charge is 0.328 e. The summed E-state index contributed by atoms with van der Waals surface area (Å²) < 4.78 is 0. The van der Waals surface area contributed by atoms with Gasteiger partial charge in [0.15, 0.2) is 12.2 Å². The summed E-state index contributed by atoms with van der Waals surface area (Å²) in [5.74, 6) is -0.121. The third kappa shape index (κ3) is 2.43. The Hall–Kier alpha value is -1.59. The maximum atomic E-state index is 12.4. The molecule has 0 aromatic rings. The molecule has 6 heteroatoms. The maximum absolute atomic E-state index is 12.4. The molecule has 1 saturated heterocycles. The zero-order valence-electron chi connectivity index (χ0n) is 11.9. The van der Waals surface area contributed by atoms with Crippen LogP contribution in [0.2, 0.25) is 0 Å². The molecule has 0 aliphatic carbocycles. The summed E-state index contributed by atoms with van der Waals surface area (Å²) in [6, 6.07) is -0.580. The number of urea groups is 1. The SMILES string of the molecule is CCCCCCN1C(=O)[C@H]2[C@H](N=CN2C)N(C)C1=O. The van der Waals surface area contributed by atoms with Gasteiger partial charge in [0.25, 0.3) is 5.91 Å². The molecule has 0 spiro atoms. The van der Waals surface area contributed by atoms with Gasteiger partial charge in [0, 0.05) is 20.6 Å². The molecule has 19 heavy (non-hydrogen) atoms. The van der Waals surface area contributed by atoms with Gasteiger partial charge in [-0.1, -0.05) is 26.2 Å². The van der Waals surface area contributed by atoms with Crippen LogP contribution in [0.4, 0.5) is 4.79 Å². The number of unbranched alkanes of at least 4 members (excludes halogenated alkanes) is 3. The van der Waals surface area contributed by atoms with Gasteiger partial charge >= 0.3 is 6.03 Å². The molecule has 0 unspecified atom stereocenters. The van der Waals surface area contributed by atoms with Crippen molar-refractivity contribution in [3.8, 4) is 0 Å². The molecule has 0 aromatic heterocycles. The van der Waals surface area contributed by atoms with Crippen LogP contribution in [-0.2, 0) is 4.79 Å². The summed E-state index contributed by atoms with van der Waals surface area (Å²) in [5, 5.41) is 0. The Morgan fingerprint density at radius 1 is 1.21 bits per heavy atom. The minimum atomic E-state index is -0.364. The van der Waals surface area contributed by atoms with Crippen LogP contribution in [0, 0.1) is 0 Å². The van der Waals surface area contributed by atoms with Gasteiger partial charge in [-0.05, 0) is 6.42 Å². The lowest BCUT2D eigenvalue weighted by Crippen LogP contribution is -2.64. The number of amides is 3. The lowest BCUT2D eigenvalue weighted by molar-refractivity contribution is -0.137. The molecule has 2 aliphatic heterocycles. The highest BCUT2D eigenvalue weighted by molar-refractivity contribution is 6.01. The van der Waals surface area contributed by atoms with Gasteiger partial charge < -0.3 is 9.80 Å². The first-order chi connectivity index (χ1) is 9.07. The average molecular weight is 266 g/mol. The lowest BCUT2D eigenvalue weighted by Gasteiger charge is -2.40. The lowest BCUT2D eigenvalue weighted by atomic mass is 10.1. The fourth-order valence-electron chi connectivity index (χ4n) is 2.61. The Kier molecular flexibility index (Phi) is 4.07. The van der Waals surface area contributed by atoms with E-state index < -0.39 is 0 Å². The maximum Gasteiger partial charge on any atom is 0.328 e. The van der Waals surface area contributed by atoms with Gasteiger partial charge in [-0.15, -0.1) is 0 Å². The number of likely N-dealkylation sites (N-methyl/N-ethyl adjacent to an activating group) is 2. The number of imide groups is 1. The van der Waals surface area contributed by atoms with E-state index in [4.69, 9.17) is 0 Å². The highest BCUT2D eigenvalue weighted by Gasteiger charge is 2.48. The van der Waals surface area contributed by atoms with Crippen molar-refractivity contribution in [3.63, 3.8) is 0 Å². The topological polar surface area (TPSA) is 56.2 Å². The molecule has 0 bridgehead atoms. The minimum absolute atomic E-state index is 0.121. The molecule has 2 atom stereocenters. The predicted octanol–water partition coefficient (Wildman–Crippen LogP) is 1.13. The Morgan fingerprint density at radius 2 is 1.95 bits per heavy atom.